The molecule has 2 rings (SSSR count). The molecule has 0 fully saturated rings. The highest BCUT2D eigenvalue weighted by Crippen LogP contribution is 2.26. The van der Waals surface area contributed by atoms with Gasteiger partial charge in [-0.2, -0.15) is 5.10 Å². The number of ether oxygens (including phenoxy) is 1. The molecule has 1 heterocycles. The molecule has 0 atom stereocenters. The van der Waals surface area contributed by atoms with Gasteiger partial charge in [0.1, 0.15) is 12.4 Å². The average Bonchev–Trinajstić information content (AvgIpc) is 2.79. The summed E-state index contributed by atoms with van der Waals surface area (Å²) in [4.78, 5) is 0. The Morgan fingerprint density at radius 2 is 1.86 bits per heavy atom. The molecule has 1 aromatic heterocycles. The minimum absolute atomic E-state index is 0.543. The van der Waals surface area contributed by atoms with E-state index >= 15 is 0 Å². The Kier molecular flexibility index (Phi) is 5.02. The summed E-state index contributed by atoms with van der Waals surface area (Å²) in [6, 6.07) is 6.43. The van der Waals surface area contributed by atoms with Gasteiger partial charge in [0, 0.05) is 7.05 Å². The number of aryl methyl sites for hydroxylation is 4. The maximum Gasteiger partial charge on any atom is 0.130 e. The molecule has 0 saturated heterocycles. The van der Waals surface area contributed by atoms with Gasteiger partial charge < -0.3 is 10.5 Å². The number of hydrogen-bond donors (Lipinski definition) is 1. The first-order chi connectivity index (χ1) is 10.0. The zero-order valence-corrected chi connectivity index (χ0v) is 13.4. The lowest BCUT2D eigenvalue weighted by Crippen LogP contribution is -2.06. The van der Waals surface area contributed by atoms with Crippen LogP contribution in [-0.4, -0.2) is 16.3 Å². The summed E-state index contributed by atoms with van der Waals surface area (Å²) in [6.45, 7) is 7.50. The van der Waals surface area contributed by atoms with E-state index in [0.717, 1.165) is 41.1 Å². The second kappa shape index (κ2) is 6.76. The van der Waals surface area contributed by atoms with E-state index in [4.69, 9.17) is 10.5 Å². The maximum atomic E-state index is 6.03. The van der Waals surface area contributed by atoms with Crippen molar-refractivity contribution >= 4 is 0 Å². The molecular formula is C17H25N3O. The Morgan fingerprint density at radius 3 is 2.38 bits per heavy atom. The number of hydrogen-bond acceptors (Lipinski definition) is 3. The lowest BCUT2D eigenvalue weighted by atomic mass is 10.0. The molecule has 1 aromatic carbocycles. The van der Waals surface area contributed by atoms with Crippen molar-refractivity contribution in [3.63, 3.8) is 0 Å². The Labute approximate surface area is 126 Å². The van der Waals surface area contributed by atoms with Crippen LogP contribution in [0.15, 0.2) is 18.2 Å². The van der Waals surface area contributed by atoms with E-state index in [2.05, 4.69) is 44.1 Å². The molecule has 0 aliphatic rings. The van der Waals surface area contributed by atoms with Crippen molar-refractivity contribution in [1.29, 1.82) is 0 Å². The standard InChI is InChI=1S/C17H25N3O/c1-5-15-10-16(20(4)19-15)11-21-17-12(2)8-14(6-7-18)9-13(17)3/h8-10H,5-7,11,18H2,1-4H3. The van der Waals surface area contributed by atoms with Crippen LogP contribution in [-0.2, 0) is 26.5 Å². The van der Waals surface area contributed by atoms with Crippen molar-refractivity contribution < 1.29 is 4.74 Å². The lowest BCUT2D eigenvalue weighted by molar-refractivity contribution is 0.291. The molecule has 114 valence electrons. The summed E-state index contributed by atoms with van der Waals surface area (Å²) in [5.74, 6) is 0.968. The second-order valence-electron chi connectivity index (χ2n) is 5.49. The van der Waals surface area contributed by atoms with E-state index in [1.807, 2.05) is 11.7 Å². The summed E-state index contributed by atoms with van der Waals surface area (Å²) < 4.78 is 7.93. The average molecular weight is 287 g/mol. The molecule has 0 spiro atoms. The molecule has 4 nitrogen and oxygen atoms in total. The van der Waals surface area contributed by atoms with Crippen molar-refractivity contribution in [1.82, 2.24) is 9.78 Å². The molecular weight excluding hydrogens is 262 g/mol. The van der Waals surface area contributed by atoms with Gasteiger partial charge in [0.15, 0.2) is 0 Å². The van der Waals surface area contributed by atoms with Crippen molar-refractivity contribution in [2.45, 2.75) is 40.2 Å². The highest BCUT2D eigenvalue weighted by atomic mass is 16.5. The van der Waals surface area contributed by atoms with Crippen LogP contribution in [0.2, 0.25) is 0 Å². The zero-order chi connectivity index (χ0) is 15.4. The van der Waals surface area contributed by atoms with E-state index in [9.17, 15) is 0 Å². The number of aromatic nitrogens is 2. The van der Waals surface area contributed by atoms with Crippen molar-refractivity contribution in [2.75, 3.05) is 6.54 Å². The molecule has 0 saturated carbocycles. The van der Waals surface area contributed by atoms with Gasteiger partial charge in [-0.05, 0) is 56.0 Å². The maximum absolute atomic E-state index is 6.03. The fourth-order valence-corrected chi connectivity index (χ4v) is 2.60. The summed E-state index contributed by atoms with van der Waals surface area (Å²) >= 11 is 0. The Hall–Kier alpha value is -1.81. The lowest BCUT2D eigenvalue weighted by Gasteiger charge is -2.14. The molecule has 21 heavy (non-hydrogen) atoms. The topological polar surface area (TPSA) is 53.1 Å². The van der Waals surface area contributed by atoms with Gasteiger partial charge in [-0.25, -0.2) is 0 Å². The summed E-state index contributed by atoms with van der Waals surface area (Å²) in [7, 11) is 1.96. The van der Waals surface area contributed by atoms with Crippen molar-refractivity contribution in [2.24, 2.45) is 12.8 Å². The molecule has 0 aliphatic carbocycles. The fraction of sp³-hybridized carbons (Fsp3) is 0.471. The monoisotopic (exact) mass is 287 g/mol. The summed E-state index contributed by atoms with van der Waals surface area (Å²) in [5, 5.41) is 4.45. The van der Waals surface area contributed by atoms with E-state index in [1.165, 1.54) is 5.56 Å². The quantitative estimate of drug-likeness (QED) is 0.888. The Balaban J connectivity index is 2.14. The molecule has 2 aromatic rings. The van der Waals surface area contributed by atoms with E-state index in [1.54, 1.807) is 0 Å². The third-order valence-corrected chi connectivity index (χ3v) is 3.71. The number of nitrogens with zero attached hydrogens (tertiary/aromatic N) is 2. The van der Waals surface area contributed by atoms with Crippen molar-refractivity contribution in [3.8, 4) is 5.75 Å². The predicted molar refractivity (Wildman–Crippen MR) is 85.6 cm³/mol. The Bertz CT molecular complexity index is 593. The first kappa shape index (κ1) is 15.6. The van der Waals surface area contributed by atoms with Gasteiger partial charge in [-0.3, -0.25) is 4.68 Å². The molecule has 0 radical (unpaired) electrons. The first-order valence-corrected chi connectivity index (χ1v) is 7.50. The minimum atomic E-state index is 0.543. The van der Waals surface area contributed by atoms with Crippen LogP contribution in [0, 0.1) is 13.8 Å². The van der Waals surface area contributed by atoms with Crippen LogP contribution in [0.3, 0.4) is 0 Å². The highest BCUT2D eigenvalue weighted by Gasteiger charge is 2.09. The molecule has 0 amide bonds. The van der Waals surface area contributed by atoms with Crippen LogP contribution >= 0.6 is 0 Å². The predicted octanol–water partition coefficient (Wildman–Crippen LogP) is 2.68. The van der Waals surface area contributed by atoms with Crippen LogP contribution in [0.5, 0.6) is 5.75 Å². The van der Waals surface area contributed by atoms with Gasteiger partial charge in [-0.1, -0.05) is 19.1 Å². The van der Waals surface area contributed by atoms with Crippen LogP contribution in [0.4, 0.5) is 0 Å². The number of benzene rings is 1. The Morgan fingerprint density at radius 1 is 1.19 bits per heavy atom. The molecule has 0 aliphatic heterocycles. The summed E-state index contributed by atoms with van der Waals surface area (Å²) in [5.41, 5.74) is 11.4. The van der Waals surface area contributed by atoms with E-state index in [0.29, 0.717) is 13.2 Å². The largest absolute Gasteiger partial charge is 0.487 e. The van der Waals surface area contributed by atoms with Crippen molar-refractivity contribution in [3.05, 3.63) is 46.3 Å². The van der Waals surface area contributed by atoms with Gasteiger partial charge >= 0.3 is 0 Å². The van der Waals surface area contributed by atoms with Crippen LogP contribution in [0.1, 0.15) is 35.0 Å². The number of nitrogens with two attached hydrogens (primary N) is 1. The normalized spacial score (nSPS) is 10.9. The van der Waals surface area contributed by atoms with Gasteiger partial charge in [0.25, 0.3) is 0 Å². The van der Waals surface area contributed by atoms with Crippen LogP contribution < -0.4 is 10.5 Å². The molecule has 4 heteroatoms. The third kappa shape index (κ3) is 3.64. The zero-order valence-electron chi connectivity index (χ0n) is 13.4. The smallest absolute Gasteiger partial charge is 0.130 e. The molecule has 0 unspecified atom stereocenters. The van der Waals surface area contributed by atoms with Gasteiger partial charge in [0.05, 0.1) is 11.4 Å². The SMILES string of the molecule is CCc1cc(COc2c(C)cc(CCN)cc2C)n(C)n1. The minimum Gasteiger partial charge on any atom is -0.487 e. The van der Waals surface area contributed by atoms with Gasteiger partial charge in [-0.15, -0.1) is 0 Å². The summed E-state index contributed by atoms with van der Waals surface area (Å²) in [6.07, 6.45) is 1.85. The molecule has 2 N–H and O–H groups in total. The first-order valence-electron chi connectivity index (χ1n) is 7.50. The highest BCUT2D eigenvalue weighted by molar-refractivity contribution is 5.43. The number of rotatable bonds is 6. The fourth-order valence-electron chi connectivity index (χ4n) is 2.60. The third-order valence-electron chi connectivity index (χ3n) is 3.71. The molecule has 0 bridgehead atoms. The van der Waals surface area contributed by atoms with Gasteiger partial charge in [0.2, 0.25) is 0 Å². The van der Waals surface area contributed by atoms with E-state index in [-0.39, 0.29) is 0 Å². The van der Waals surface area contributed by atoms with E-state index < -0.39 is 0 Å². The van der Waals surface area contributed by atoms with Crippen LogP contribution in [0.25, 0.3) is 0 Å². The second-order valence-corrected chi connectivity index (χ2v) is 5.49.